The molecule has 2 N–H and O–H groups in total. The standard InChI is InChI=1S/C12H14N2O3/c15-7-8-17-10-3-1-9(2-4-10)11-5-6-12(16)14-13-11/h1-4,15H,5-8H2,(H,14,16). The lowest BCUT2D eigenvalue weighted by Gasteiger charge is -2.12. The van der Waals surface area contributed by atoms with E-state index in [9.17, 15) is 4.79 Å². The van der Waals surface area contributed by atoms with E-state index in [0.29, 0.717) is 18.6 Å². The lowest BCUT2D eigenvalue weighted by atomic mass is 10.0. The van der Waals surface area contributed by atoms with Crippen molar-refractivity contribution in [2.24, 2.45) is 5.10 Å². The number of ether oxygens (including phenoxy) is 1. The van der Waals surface area contributed by atoms with E-state index in [-0.39, 0.29) is 19.1 Å². The summed E-state index contributed by atoms with van der Waals surface area (Å²) in [4.78, 5) is 11.0. The van der Waals surface area contributed by atoms with E-state index < -0.39 is 0 Å². The van der Waals surface area contributed by atoms with Crippen molar-refractivity contribution < 1.29 is 14.6 Å². The number of aliphatic hydroxyl groups excluding tert-OH is 1. The molecule has 90 valence electrons. The van der Waals surface area contributed by atoms with Gasteiger partial charge in [-0.05, 0) is 29.8 Å². The normalized spacial score (nSPS) is 15.1. The first kappa shape index (κ1) is 11.6. The van der Waals surface area contributed by atoms with Crippen molar-refractivity contribution in [2.75, 3.05) is 13.2 Å². The van der Waals surface area contributed by atoms with E-state index in [1.807, 2.05) is 24.3 Å². The van der Waals surface area contributed by atoms with Crippen LogP contribution in [0.3, 0.4) is 0 Å². The van der Waals surface area contributed by atoms with Crippen molar-refractivity contribution >= 4 is 11.6 Å². The molecule has 1 aliphatic rings. The number of carbonyl (C=O) groups excluding carboxylic acids is 1. The number of benzene rings is 1. The van der Waals surface area contributed by atoms with Crippen LogP contribution in [-0.2, 0) is 4.79 Å². The average molecular weight is 234 g/mol. The lowest BCUT2D eigenvalue weighted by molar-refractivity contribution is -0.121. The van der Waals surface area contributed by atoms with Gasteiger partial charge in [0.2, 0.25) is 5.91 Å². The van der Waals surface area contributed by atoms with Gasteiger partial charge in [0.25, 0.3) is 0 Å². The number of carbonyl (C=O) groups is 1. The van der Waals surface area contributed by atoms with Crippen LogP contribution >= 0.6 is 0 Å². The third kappa shape index (κ3) is 3.04. The highest BCUT2D eigenvalue weighted by Gasteiger charge is 2.12. The highest BCUT2D eigenvalue weighted by atomic mass is 16.5. The van der Waals surface area contributed by atoms with Gasteiger partial charge in [-0.1, -0.05) is 0 Å². The Balaban J connectivity index is 2.05. The summed E-state index contributed by atoms with van der Waals surface area (Å²) < 4.78 is 5.25. The maximum absolute atomic E-state index is 11.0. The van der Waals surface area contributed by atoms with Crippen LogP contribution < -0.4 is 10.2 Å². The maximum Gasteiger partial charge on any atom is 0.240 e. The highest BCUT2D eigenvalue weighted by molar-refractivity contribution is 6.04. The van der Waals surface area contributed by atoms with Crippen LogP contribution in [-0.4, -0.2) is 29.9 Å². The molecular weight excluding hydrogens is 220 g/mol. The molecule has 0 spiro atoms. The molecule has 0 radical (unpaired) electrons. The molecule has 0 unspecified atom stereocenters. The zero-order chi connectivity index (χ0) is 12.1. The molecule has 0 fully saturated rings. The molecule has 5 heteroatoms. The maximum atomic E-state index is 11.0. The zero-order valence-corrected chi connectivity index (χ0v) is 9.35. The molecule has 17 heavy (non-hydrogen) atoms. The van der Waals surface area contributed by atoms with Gasteiger partial charge in [0.1, 0.15) is 12.4 Å². The number of aliphatic hydroxyl groups is 1. The second-order valence-electron chi connectivity index (χ2n) is 3.69. The van der Waals surface area contributed by atoms with Gasteiger partial charge in [0.15, 0.2) is 0 Å². The van der Waals surface area contributed by atoms with E-state index in [0.717, 1.165) is 11.3 Å². The minimum absolute atomic E-state index is 0.000487. The Labute approximate surface area is 99.1 Å². The molecule has 0 aliphatic carbocycles. The number of hydrazone groups is 1. The first-order valence-electron chi connectivity index (χ1n) is 5.49. The SMILES string of the molecule is O=C1CCC(c2ccc(OCCO)cc2)=NN1. The molecule has 2 rings (SSSR count). The summed E-state index contributed by atoms with van der Waals surface area (Å²) in [5.41, 5.74) is 4.31. The molecule has 0 atom stereocenters. The van der Waals surface area contributed by atoms with Gasteiger partial charge in [-0.2, -0.15) is 5.10 Å². The summed E-state index contributed by atoms with van der Waals surface area (Å²) in [5.74, 6) is 0.667. The second-order valence-corrected chi connectivity index (χ2v) is 3.69. The van der Waals surface area contributed by atoms with Crippen LogP contribution in [0.1, 0.15) is 18.4 Å². The Hall–Kier alpha value is -1.88. The fraction of sp³-hybridized carbons (Fsp3) is 0.333. The predicted molar refractivity (Wildman–Crippen MR) is 62.9 cm³/mol. The van der Waals surface area contributed by atoms with Gasteiger partial charge in [-0.3, -0.25) is 4.79 Å². The Bertz CT molecular complexity index is 426. The average Bonchev–Trinajstić information content (AvgIpc) is 2.38. The van der Waals surface area contributed by atoms with Gasteiger partial charge >= 0.3 is 0 Å². The first-order valence-corrected chi connectivity index (χ1v) is 5.49. The number of nitrogens with zero attached hydrogens (tertiary/aromatic N) is 1. The van der Waals surface area contributed by atoms with E-state index in [2.05, 4.69) is 10.5 Å². The summed E-state index contributed by atoms with van der Waals surface area (Å²) in [7, 11) is 0. The topological polar surface area (TPSA) is 70.9 Å². The first-order chi connectivity index (χ1) is 8.29. The molecule has 1 aliphatic heterocycles. The van der Waals surface area contributed by atoms with Crippen molar-refractivity contribution in [3.05, 3.63) is 29.8 Å². The fourth-order valence-corrected chi connectivity index (χ4v) is 1.59. The monoisotopic (exact) mass is 234 g/mol. The molecule has 5 nitrogen and oxygen atoms in total. The molecule has 0 aromatic heterocycles. The number of hydrogen-bond acceptors (Lipinski definition) is 4. The zero-order valence-electron chi connectivity index (χ0n) is 9.35. The van der Waals surface area contributed by atoms with Crippen LogP contribution in [0.5, 0.6) is 5.75 Å². The minimum atomic E-state index is -0.0448. The number of hydrogen-bond donors (Lipinski definition) is 2. The number of rotatable bonds is 4. The van der Waals surface area contributed by atoms with Gasteiger partial charge in [0, 0.05) is 12.8 Å². The van der Waals surface area contributed by atoms with Gasteiger partial charge in [0.05, 0.1) is 12.3 Å². The fourth-order valence-electron chi connectivity index (χ4n) is 1.59. The molecule has 0 saturated heterocycles. The molecule has 1 amide bonds. The quantitative estimate of drug-likeness (QED) is 0.804. The molecule has 1 aromatic rings. The molecule has 1 aromatic carbocycles. The molecule has 0 saturated carbocycles. The number of amides is 1. The van der Waals surface area contributed by atoms with Crippen LogP contribution in [0.25, 0.3) is 0 Å². The Morgan fingerprint density at radius 3 is 2.65 bits per heavy atom. The second kappa shape index (κ2) is 5.45. The Morgan fingerprint density at radius 2 is 2.06 bits per heavy atom. The van der Waals surface area contributed by atoms with E-state index in [1.165, 1.54) is 0 Å². The highest BCUT2D eigenvalue weighted by Crippen LogP contribution is 2.15. The number of nitrogens with one attached hydrogen (secondary N) is 1. The lowest BCUT2D eigenvalue weighted by Crippen LogP contribution is -2.25. The van der Waals surface area contributed by atoms with E-state index in [1.54, 1.807) is 0 Å². The van der Waals surface area contributed by atoms with E-state index >= 15 is 0 Å². The van der Waals surface area contributed by atoms with Gasteiger partial charge in [-0.15, -0.1) is 0 Å². The third-order valence-electron chi connectivity index (χ3n) is 2.45. The molecule has 1 heterocycles. The van der Waals surface area contributed by atoms with Crippen LogP contribution in [0.4, 0.5) is 0 Å². The summed E-state index contributed by atoms with van der Waals surface area (Å²) in [5, 5.41) is 12.6. The Morgan fingerprint density at radius 1 is 1.29 bits per heavy atom. The molecular formula is C12H14N2O3. The molecule has 0 bridgehead atoms. The van der Waals surface area contributed by atoms with E-state index in [4.69, 9.17) is 9.84 Å². The van der Waals surface area contributed by atoms with Gasteiger partial charge < -0.3 is 9.84 Å². The van der Waals surface area contributed by atoms with Crippen molar-refractivity contribution in [3.8, 4) is 5.75 Å². The van der Waals surface area contributed by atoms with Crippen LogP contribution in [0, 0.1) is 0 Å². The smallest absolute Gasteiger partial charge is 0.240 e. The van der Waals surface area contributed by atoms with Crippen LogP contribution in [0.15, 0.2) is 29.4 Å². The summed E-state index contributed by atoms with van der Waals surface area (Å²) in [6.45, 7) is 0.289. The third-order valence-corrected chi connectivity index (χ3v) is 2.45. The summed E-state index contributed by atoms with van der Waals surface area (Å²) in [6, 6.07) is 7.43. The Kier molecular flexibility index (Phi) is 3.72. The van der Waals surface area contributed by atoms with Crippen molar-refractivity contribution in [1.82, 2.24) is 5.43 Å². The minimum Gasteiger partial charge on any atom is -0.491 e. The van der Waals surface area contributed by atoms with Gasteiger partial charge in [-0.25, -0.2) is 5.43 Å². The summed E-state index contributed by atoms with van der Waals surface area (Å²) in [6.07, 6.45) is 1.13. The summed E-state index contributed by atoms with van der Waals surface area (Å²) >= 11 is 0. The van der Waals surface area contributed by atoms with Crippen molar-refractivity contribution in [2.45, 2.75) is 12.8 Å². The largest absolute Gasteiger partial charge is 0.491 e. The predicted octanol–water partition coefficient (Wildman–Crippen LogP) is 0.672. The van der Waals surface area contributed by atoms with Crippen molar-refractivity contribution in [1.29, 1.82) is 0 Å². The van der Waals surface area contributed by atoms with Crippen LogP contribution in [0.2, 0.25) is 0 Å². The van der Waals surface area contributed by atoms with Crippen molar-refractivity contribution in [3.63, 3.8) is 0 Å².